The molecule has 54 heavy (non-hydrogen) atoms. The molecule has 9 aromatic rings. The number of allylic oxidation sites excluding steroid dienone is 3. The number of hydrogen-bond donors (Lipinski definition) is 0. The van der Waals surface area contributed by atoms with Crippen LogP contribution in [0.25, 0.3) is 93.3 Å². The van der Waals surface area contributed by atoms with Gasteiger partial charge in [-0.3, -0.25) is 0 Å². The predicted molar refractivity (Wildman–Crippen MR) is 229 cm³/mol. The standard InChI is InChI=1S/C50H35O3P/c1-3-4-5-16-32-27-28-43(46-38-22-11-6-17-33(38)29-34-18-7-12-23-39(34)46)49-45(32)48-42-26-15-10-21-37(42)31-44(50(48)53-54(2,51)52-49)47-40-24-13-8-19-35(40)30-36-20-9-14-25-41(36)47/h3-31H,1-2H3/b4-3-,16-5-. The zero-order chi connectivity index (χ0) is 36.4. The highest BCUT2D eigenvalue weighted by Crippen LogP contribution is 2.62. The van der Waals surface area contributed by atoms with E-state index in [9.17, 15) is 0 Å². The zero-order valence-electron chi connectivity index (χ0n) is 29.9. The molecule has 9 aromatic carbocycles. The molecule has 1 atom stereocenters. The fourth-order valence-electron chi connectivity index (χ4n) is 8.37. The van der Waals surface area contributed by atoms with Gasteiger partial charge >= 0.3 is 7.60 Å². The third-order valence-electron chi connectivity index (χ3n) is 10.6. The van der Waals surface area contributed by atoms with Gasteiger partial charge in [-0.2, -0.15) is 0 Å². The first-order valence-corrected chi connectivity index (χ1v) is 20.3. The van der Waals surface area contributed by atoms with Gasteiger partial charge in [0.1, 0.15) is 11.5 Å². The maximum atomic E-state index is 15.0. The molecule has 10 rings (SSSR count). The van der Waals surface area contributed by atoms with Gasteiger partial charge in [-0.25, -0.2) is 4.57 Å². The van der Waals surface area contributed by atoms with Crippen LogP contribution < -0.4 is 9.05 Å². The van der Waals surface area contributed by atoms with Gasteiger partial charge in [-0.15, -0.1) is 0 Å². The Morgan fingerprint density at radius 3 is 1.33 bits per heavy atom. The second kappa shape index (κ2) is 12.6. The minimum absolute atomic E-state index is 0.550. The Balaban J connectivity index is 1.42. The molecule has 0 saturated carbocycles. The molecule has 0 amide bonds. The van der Waals surface area contributed by atoms with Crippen molar-refractivity contribution in [2.45, 2.75) is 6.92 Å². The van der Waals surface area contributed by atoms with Crippen molar-refractivity contribution in [1.82, 2.24) is 0 Å². The number of hydrogen-bond acceptors (Lipinski definition) is 3. The molecule has 3 nitrogen and oxygen atoms in total. The maximum absolute atomic E-state index is 15.0. The number of benzene rings is 9. The van der Waals surface area contributed by atoms with Crippen molar-refractivity contribution >= 4 is 67.5 Å². The van der Waals surface area contributed by atoms with Gasteiger partial charge in [0.05, 0.1) is 6.66 Å². The molecule has 0 saturated heterocycles. The molecular formula is C50H35O3P. The van der Waals surface area contributed by atoms with Gasteiger partial charge < -0.3 is 9.05 Å². The first kappa shape index (κ1) is 32.3. The average Bonchev–Trinajstić information content (AvgIpc) is 3.32. The summed E-state index contributed by atoms with van der Waals surface area (Å²) in [6.07, 6.45) is 8.19. The molecule has 0 aromatic heterocycles. The van der Waals surface area contributed by atoms with Crippen LogP contribution in [-0.4, -0.2) is 6.66 Å². The zero-order valence-corrected chi connectivity index (χ0v) is 30.8. The SMILES string of the molecule is C/C=C\C=C/c1ccc(-c2c3ccccc3cc3ccccc23)c2c1-c1c(c(-c3c4ccccc4cc4ccccc34)cc3ccccc13)OP(C)(=O)O2. The molecule has 0 N–H and O–H groups in total. The molecule has 0 fully saturated rings. The molecule has 4 heteroatoms. The van der Waals surface area contributed by atoms with Crippen LogP contribution in [0.15, 0.2) is 170 Å². The van der Waals surface area contributed by atoms with Gasteiger partial charge in [-0.05, 0) is 90.6 Å². The quantitative estimate of drug-likeness (QED) is 0.103. The lowest BCUT2D eigenvalue weighted by Gasteiger charge is -2.21. The molecule has 1 unspecified atom stereocenters. The van der Waals surface area contributed by atoms with E-state index in [0.29, 0.717) is 11.5 Å². The molecule has 0 aliphatic carbocycles. The Labute approximate surface area is 314 Å². The van der Waals surface area contributed by atoms with Crippen molar-refractivity contribution in [2.24, 2.45) is 0 Å². The summed E-state index contributed by atoms with van der Waals surface area (Å²) < 4.78 is 28.7. The lowest BCUT2D eigenvalue weighted by atomic mass is 9.84. The Bertz CT molecular complexity index is 3010. The first-order valence-electron chi connectivity index (χ1n) is 18.3. The van der Waals surface area contributed by atoms with E-state index in [4.69, 9.17) is 9.05 Å². The summed E-state index contributed by atoms with van der Waals surface area (Å²) in [4.78, 5) is 0. The summed E-state index contributed by atoms with van der Waals surface area (Å²) in [5, 5.41) is 10.9. The van der Waals surface area contributed by atoms with E-state index in [1.165, 1.54) is 0 Å². The van der Waals surface area contributed by atoms with E-state index in [1.807, 2.05) is 25.2 Å². The van der Waals surface area contributed by atoms with E-state index >= 15 is 4.57 Å². The van der Waals surface area contributed by atoms with E-state index in [-0.39, 0.29) is 0 Å². The van der Waals surface area contributed by atoms with Crippen molar-refractivity contribution in [3.63, 3.8) is 0 Å². The highest BCUT2D eigenvalue weighted by Gasteiger charge is 2.36. The smallest absolute Gasteiger partial charge is 0.415 e. The highest BCUT2D eigenvalue weighted by molar-refractivity contribution is 7.53. The lowest BCUT2D eigenvalue weighted by molar-refractivity contribution is 0.400. The normalized spacial score (nSPS) is 15.5. The van der Waals surface area contributed by atoms with Crippen molar-refractivity contribution in [3.8, 4) is 44.9 Å². The predicted octanol–water partition coefficient (Wildman–Crippen LogP) is 14.6. The van der Waals surface area contributed by atoms with Crippen LogP contribution in [-0.2, 0) is 4.57 Å². The van der Waals surface area contributed by atoms with Gasteiger partial charge in [0.15, 0.2) is 0 Å². The number of rotatable bonds is 4. The molecule has 1 aliphatic rings. The summed E-state index contributed by atoms with van der Waals surface area (Å²) in [5.41, 5.74) is 6.46. The van der Waals surface area contributed by atoms with Crippen molar-refractivity contribution < 1.29 is 13.6 Å². The second-order valence-electron chi connectivity index (χ2n) is 14.0. The summed E-state index contributed by atoms with van der Waals surface area (Å²) >= 11 is 0. The summed E-state index contributed by atoms with van der Waals surface area (Å²) in [5.74, 6) is 1.11. The van der Waals surface area contributed by atoms with E-state index < -0.39 is 7.60 Å². The lowest BCUT2D eigenvalue weighted by Crippen LogP contribution is -2.00. The molecule has 0 bridgehead atoms. The van der Waals surface area contributed by atoms with Crippen LogP contribution in [0.5, 0.6) is 11.5 Å². The minimum atomic E-state index is -3.80. The Hall–Kier alpha value is -6.41. The maximum Gasteiger partial charge on any atom is 0.427 e. The van der Waals surface area contributed by atoms with Crippen LogP contribution in [0.2, 0.25) is 0 Å². The molecule has 0 radical (unpaired) electrons. The minimum Gasteiger partial charge on any atom is -0.415 e. The van der Waals surface area contributed by atoms with Gasteiger partial charge in [-0.1, -0.05) is 152 Å². The molecule has 258 valence electrons. The Kier molecular flexibility index (Phi) is 7.54. The molecular weight excluding hydrogens is 680 g/mol. The van der Waals surface area contributed by atoms with E-state index in [2.05, 4.69) is 158 Å². The van der Waals surface area contributed by atoms with Crippen LogP contribution in [0.1, 0.15) is 12.5 Å². The summed E-state index contributed by atoms with van der Waals surface area (Å²) in [6, 6.07) is 53.2. The van der Waals surface area contributed by atoms with Crippen molar-refractivity contribution in [2.75, 3.05) is 6.66 Å². The van der Waals surface area contributed by atoms with Crippen LogP contribution in [0.3, 0.4) is 0 Å². The van der Waals surface area contributed by atoms with Crippen LogP contribution in [0.4, 0.5) is 0 Å². The van der Waals surface area contributed by atoms with Gasteiger partial charge in [0.25, 0.3) is 0 Å². The third kappa shape index (κ3) is 5.16. The Morgan fingerprint density at radius 1 is 0.444 bits per heavy atom. The highest BCUT2D eigenvalue weighted by atomic mass is 31.2. The van der Waals surface area contributed by atoms with Crippen molar-refractivity contribution in [3.05, 3.63) is 175 Å². The second-order valence-corrected chi connectivity index (χ2v) is 15.9. The Morgan fingerprint density at radius 2 is 0.852 bits per heavy atom. The summed E-state index contributed by atoms with van der Waals surface area (Å²) in [7, 11) is -3.80. The third-order valence-corrected chi connectivity index (χ3v) is 11.6. The molecule has 1 aliphatic heterocycles. The van der Waals surface area contributed by atoms with Crippen molar-refractivity contribution in [1.29, 1.82) is 0 Å². The largest absolute Gasteiger partial charge is 0.427 e. The molecule has 1 heterocycles. The monoisotopic (exact) mass is 714 g/mol. The number of fused-ring (bicyclic) bond motifs is 9. The summed E-state index contributed by atoms with van der Waals surface area (Å²) in [6.45, 7) is 3.60. The van der Waals surface area contributed by atoms with E-state index in [0.717, 1.165) is 92.8 Å². The van der Waals surface area contributed by atoms with E-state index in [1.54, 1.807) is 6.66 Å². The first-order chi connectivity index (χ1) is 26.5. The van der Waals surface area contributed by atoms with Crippen LogP contribution in [0, 0.1) is 0 Å². The van der Waals surface area contributed by atoms with Gasteiger partial charge in [0.2, 0.25) is 0 Å². The average molecular weight is 715 g/mol. The fraction of sp³-hybridized carbons (Fsp3) is 0.0400. The molecule has 0 spiro atoms. The van der Waals surface area contributed by atoms with Gasteiger partial charge in [0, 0.05) is 33.4 Å². The topological polar surface area (TPSA) is 35.5 Å². The van der Waals surface area contributed by atoms with Crippen LogP contribution >= 0.6 is 7.60 Å². The fourth-order valence-corrected chi connectivity index (χ4v) is 9.45.